The van der Waals surface area contributed by atoms with Gasteiger partial charge >= 0.3 is 0 Å². The molecule has 4 aromatic rings. The molecule has 0 saturated heterocycles. The van der Waals surface area contributed by atoms with Crippen LogP contribution in [0.25, 0.3) is 22.0 Å². The van der Waals surface area contributed by atoms with Crippen molar-refractivity contribution in [3.63, 3.8) is 0 Å². The van der Waals surface area contributed by atoms with Crippen LogP contribution in [0.5, 0.6) is 0 Å². The van der Waals surface area contributed by atoms with Crippen molar-refractivity contribution in [2.24, 2.45) is 0 Å². The molecule has 10 nitrogen and oxygen atoms in total. The molecule has 0 atom stereocenters. The molecular formula is C25H25N9O. The van der Waals surface area contributed by atoms with Gasteiger partial charge in [0.1, 0.15) is 18.2 Å². The fourth-order valence-electron chi connectivity index (χ4n) is 4.66. The zero-order chi connectivity index (χ0) is 24.3. The van der Waals surface area contributed by atoms with Crippen LogP contribution >= 0.6 is 0 Å². The molecule has 0 bridgehead atoms. The van der Waals surface area contributed by atoms with Gasteiger partial charge < -0.3 is 21.3 Å². The Hall–Kier alpha value is -4.47. The molecule has 0 radical (unpaired) electrons. The summed E-state index contributed by atoms with van der Waals surface area (Å²) in [5.74, 6) is 1.74. The van der Waals surface area contributed by atoms with Gasteiger partial charge in [0, 0.05) is 67.2 Å². The molecule has 1 amide bonds. The summed E-state index contributed by atoms with van der Waals surface area (Å²) in [6.45, 7) is 6.98. The highest BCUT2D eigenvalue weighted by Gasteiger charge is 2.21. The lowest BCUT2D eigenvalue weighted by Crippen LogP contribution is -2.29. The highest BCUT2D eigenvalue weighted by molar-refractivity contribution is 5.95. The average Bonchev–Trinajstić information content (AvgIpc) is 3.36. The summed E-state index contributed by atoms with van der Waals surface area (Å²) in [6, 6.07) is 5.89. The fraction of sp³-hybridized carbons (Fsp3) is 0.240. The number of hydrogen-bond donors (Lipinski definition) is 3. The lowest BCUT2D eigenvalue weighted by molar-refractivity contribution is -0.130. The molecule has 0 fully saturated rings. The van der Waals surface area contributed by atoms with Crippen molar-refractivity contribution >= 4 is 39.8 Å². The molecule has 35 heavy (non-hydrogen) atoms. The quantitative estimate of drug-likeness (QED) is 0.420. The average molecular weight is 468 g/mol. The summed E-state index contributed by atoms with van der Waals surface area (Å²) in [6.07, 6.45) is 5.04. The number of nitrogens with zero attached hydrogens (tertiary/aromatic N) is 6. The number of anilines is 4. The highest BCUT2D eigenvalue weighted by atomic mass is 16.2. The van der Waals surface area contributed by atoms with Gasteiger partial charge in [-0.3, -0.25) is 14.5 Å². The number of allylic oxidation sites excluding steroid dienone is 1. The largest absolute Gasteiger partial charge is 0.383 e. The van der Waals surface area contributed by atoms with Crippen LogP contribution in [0, 0.1) is 6.92 Å². The number of rotatable bonds is 3. The predicted molar refractivity (Wildman–Crippen MR) is 135 cm³/mol. The van der Waals surface area contributed by atoms with Crippen LogP contribution in [-0.4, -0.2) is 49.1 Å². The minimum Gasteiger partial charge on any atom is -0.383 e. The Morgan fingerprint density at radius 2 is 2.03 bits per heavy atom. The molecule has 6 rings (SSSR count). The van der Waals surface area contributed by atoms with Gasteiger partial charge in [-0.05, 0) is 30.0 Å². The molecule has 0 unspecified atom stereocenters. The molecule has 10 heteroatoms. The molecule has 0 saturated carbocycles. The first-order valence-electron chi connectivity index (χ1n) is 11.4. The van der Waals surface area contributed by atoms with E-state index in [1.54, 1.807) is 15.8 Å². The molecule has 2 aliphatic rings. The number of carbonyl (C=O) groups excluding carboxylic acids is 1. The van der Waals surface area contributed by atoms with E-state index in [1.165, 1.54) is 0 Å². The van der Waals surface area contributed by atoms with Crippen LogP contribution in [-0.2, 0) is 24.2 Å². The smallest absolute Gasteiger partial charge is 0.244 e. The Bertz CT molecular complexity index is 1540. The maximum atomic E-state index is 12.2. The molecule has 2 aliphatic heterocycles. The molecular weight excluding hydrogens is 442 g/mol. The zero-order valence-corrected chi connectivity index (χ0v) is 19.6. The number of likely N-dealkylation sites (N-methyl/N-ethyl adjacent to an activating group) is 1. The number of nitrogens with two attached hydrogens (primary N) is 1. The molecule has 4 aromatic heterocycles. The molecule has 6 heterocycles. The third-order valence-corrected chi connectivity index (χ3v) is 6.65. The van der Waals surface area contributed by atoms with Gasteiger partial charge in [-0.1, -0.05) is 6.58 Å². The second-order valence-electron chi connectivity index (χ2n) is 9.08. The van der Waals surface area contributed by atoms with E-state index in [-0.39, 0.29) is 12.5 Å². The Kier molecular flexibility index (Phi) is 4.70. The van der Waals surface area contributed by atoms with Crippen molar-refractivity contribution in [3.05, 3.63) is 59.8 Å². The van der Waals surface area contributed by atoms with Gasteiger partial charge in [-0.15, -0.1) is 0 Å². The van der Waals surface area contributed by atoms with Crippen molar-refractivity contribution in [2.75, 3.05) is 30.0 Å². The standard InChI is InChI=1S/C25H25N9O/c1-13-6-20-24(29-13)14(2)17(10-27-20)19-7-15-8-21(28-11-18(15)25(26)30-19)31-22-9-16-4-5-33(3)23(35)12-34(16)32-22/h7-11,29H,1,4-6,12H2,2-3H3,(H2,26,30)(H,28,31,32). The van der Waals surface area contributed by atoms with Crippen molar-refractivity contribution in [1.29, 1.82) is 0 Å². The van der Waals surface area contributed by atoms with Gasteiger partial charge in [0.15, 0.2) is 5.82 Å². The number of aromatic nitrogens is 5. The number of hydrogen-bond acceptors (Lipinski definition) is 8. The minimum atomic E-state index is 0.0496. The van der Waals surface area contributed by atoms with E-state index in [4.69, 9.17) is 5.73 Å². The lowest BCUT2D eigenvalue weighted by Gasteiger charge is -2.13. The van der Waals surface area contributed by atoms with Gasteiger partial charge in [0.25, 0.3) is 0 Å². The number of pyridine rings is 3. The number of carbonyl (C=O) groups is 1. The first-order valence-corrected chi connectivity index (χ1v) is 11.4. The highest BCUT2D eigenvalue weighted by Crippen LogP contribution is 2.36. The Morgan fingerprint density at radius 1 is 1.17 bits per heavy atom. The monoisotopic (exact) mass is 467 g/mol. The maximum absolute atomic E-state index is 12.2. The van der Waals surface area contributed by atoms with Crippen molar-refractivity contribution < 1.29 is 4.79 Å². The third-order valence-electron chi connectivity index (χ3n) is 6.65. The number of nitrogens with one attached hydrogen (secondary N) is 2. The lowest BCUT2D eigenvalue weighted by atomic mass is 10.0. The molecule has 0 aliphatic carbocycles. The van der Waals surface area contributed by atoms with E-state index in [2.05, 4.69) is 37.3 Å². The van der Waals surface area contributed by atoms with E-state index in [1.807, 2.05) is 38.4 Å². The van der Waals surface area contributed by atoms with E-state index in [9.17, 15) is 4.79 Å². The van der Waals surface area contributed by atoms with Crippen molar-refractivity contribution in [2.45, 2.75) is 26.3 Å². The van der Waals surface area contributed by atoms with Gasteiger partial charge in [0.05, 0.1) is 17.1 Å². The summed E-state index contributed by atoms with van der Waals surface area (Å²) in [7, 11) is 1.81. The third kappa shape index (κ3) is 3.63. The topological polar surface area (TPSA) is 127 Å². The summed E-state index contributed by atoms with van der Waals surface area (Å²) in [4.78, 5) is 27.7. The number of nitrogen functional groups attached to an aromatic ring is 1. The number of fused-ring (bicyclic) bond motifs is 3. The van der Waals surface area contributed by atoms with E-state index in [0.717, 1.165) is 63.2 Å². The van der Waals surface area contributed by atoms with Gasteiger partial charge in [0.2, 0.25) is 5.91 Å². The molecule has 4 N–H and O–H groups in total. The Balaban J connectivity index is 1.34. The van der Waals surface area contributed by atoms with E-state index >= 15 is 0 Å². The number of amides is 1. The SMILES string of the molecule is C=C1Cc2ncc(-c3cc4cc(Nc5cc6n(n5)CC(=O)N(C)CC6)ncc4c(N)n3)c(C)c2N1. The minimum absolute atomic E-state index is 0.0496. The van der Waals surface area contributed by atoms with Crippen molar-refractivity contribution in [1.82, 2.24) is 29.6 Å². The van der Waals surface area contributed by atoms with E-state index in [0.29, 0.717) is 24.0 Å². The van der Waals surface area contributed by atoms with Crippen LogP contribution in [0.4, 0.5) is 23.1 Å². The molecule has 0 spiro atoms. The van der Waals surface area contributed by atoms with Crippen LogP contribution in [0.3, 0.4) is 0 Å². The summed E-state index contributed by atoms with van der Waals surface area (Å²) in [5.41, 5.74) is 13.0. The normalized spacial score (nSPS) is 15.1. The van der Waals surface area contributed by atoms with Crippen LogP contribution in [0.2, 0.25) is 0 Å². The Labute approximate surface area is 201 Å². The first kappa shape index (κ1) is 21.1. The fourth-order valence-corrected chi connectivity index (χ4v) is 4.66. The Morgan fingerprint density at radius 3 is 2.89 bits per heavy atom. The second-order valence-corrected chi connectivity index (χ2v) is 9.08. The van der Waals surface area contributed by atoms with E-state index < -0.39 is 0 Å². The van der Waals surface area contributed by atoms with Crippen molar-refractivity contribution in [3.8, 4) is 11.3 Å². The van der Waals surface area contributed by atoms with Crippen LogP contribution in [0.15, 0.2) is 42.9 Å². The van der Waals surface area contributed by atoms with Crippen LogP contribution in [0.1, 0.15) is 17.0 Å². The van der Waals surface area contributed by atoms with Crippen LogP contribution < -0.4 is 16.4 Å². The molecule has 0 aromatic carbocycles. The van der Waals surface area contributed by atoms with Gasteiger partial charge in [-0.25, -0.2) is 9.97 Å². The summed E-state index contributed by atoms with van der Waals surface area (Å²) >= 11 is 0. The summed E-state index contributed by atoms with van der Waals surface area (Å²) in [5, 5.41) is 12.8. The maximum Gasteiger partial charge on any atom is 0.244 e. The first-order chi connectivity index (χ1) is 16.9. The second kappa shape index (κ2) is 7.79. The van der Waals surface area contributed by atoms with Gasteiger partial charge in [-0.2, -0.15) is 5.10 Å². The predicted octanol–water partition coefficient (Wildman–Crippen LogP) is 3.02. The molecule has 176 valence electrons. The summed E-state index contributed by atoms with van der Waals surface area (Å²) < 4.78 is 1.75. The zero-order valence-electron chi connectivity index (χ0n) is 19.6.